The molecule has 29 heavy (non-hydrogen) atoms. The predicted octanol–water partition coefficient (Wildman–Crippen LogP) is 2.25. The van der Waals surface area contributed by atoms with Gasteiger partial charge in [-0.1, -0.05) is 84.9 Å². The quantitative estimate of drug-likeness (QED) is 0.460. The Morgan fingerprint density at radius 3 is 1.14 bits per heavy atom. The lowest BCUT2D eigenvalue weighted by molar-refractivity contribution is -0.00000562. The minimum absolute atomic E-state index is 0. The van der Waals surface area contributed by atoms with Gasteiger partial charge in [0.15, 0.2) is 5.66 Å². The lowest BCUT2D eigenvalue weighted by Gasteiger charge is -2.31. The first kappa shape index (κ1) is 20.8. The van der Waals surface area contributed by atoms with Crippen LogP contribution < -0.4 is 28.3 Å². The molecular formula is C26H21ClNP. The van der Waals surface area contributed by atoms with E-state index >= 15 is 0 Å². The normalized spacial score (nSPS) is 11.7. The molecule has 3 heteroatoms. The van der Waals surface area contributed by atoms with E-state index in [1.165, 1.54) is 15.9 Å². The van der Waals surface area contributed by atoms with Gasteiger partial charge < -0.3 is 12.4 Å². The van der Waals surface area contributed by atoms with Crippen molar-refractivity contribution in [2.45, 2.75) is 5.66 Å². The van der Waals surface area contributed by atoms with Crippen LogP contribution in [0.4, 0.5) is 0 Å². The molecule has 0 saturated carbocycles. The van der Waals surface area contributed by atoms with Crippen molar-refractivity contribution in [3.63, 3.8) is 0 Å². The van der Waals surface area contributed by atoms with Gasteiger partial charge in [0.2, 0.25) is 0 Å². The van der Waals surface area contributed by atoms with Crippen molar-refractivity contribution in [3.05, 3.63) is 127 Å². The molecule has 0 bridgehead atoms. The molecule has 0 radical (unpaired) electrons. The molecule has 4 aromatic rings. The van der Waals surface area contributed by atoms with Gasteiger partial charge >= 0.3 is 0 Å². The fourth-order valence-corrected chi connectivity index (χ4v) is 8.41. The highest BCUT2D eigenvalue weighted by Crippen LogP contribution is 2.66. The van der Waals surface area contributed by atoms with Crippen LogP contribution in [0.3, 0.4) is 0 Å². The van der Waals surface area contributed by atoms with Gasteiger partial charge in [-0.25, -0.2) is 0 Å². The molecule has 1 unspecified atom stereocenters. The fraction of sp³-hybridized carbons (Fsp3) is 0.0385. The molecule has 0 saturated heterocycles. The zero-order valence-corrected chi connectivity index (χ0v) is 17.5. The molecule has 142 valence electrons. The summed E-state index contributed by atoms with van der Waals surface area (Å²) < 4.78 is 0. The average Bonchev–Trinajstić information content (AvgIpc) is 2.80. The van der Waals surface area contributed by atoms with Crippen LogP contribution in [0.2, 0.25) is 0 Å². The van der Waals surface area contributed by atoms with Gasteiger partial charge in [-0.05, 0) is 36.4 Å². The summed E-state index contributed by atoms with van der Waals surface area (Å²) in [5.74, 6) is 0. The van der Waals surface area contributed by atoms with E-state index in [1.807, 2.05) is 36.4 Å². The van der Waals surface area contributed by atoms with E-state index in [1.54, 1.807) is 0 Å². The van der Waals surface area contributed by atoms with E-state index in [2.05, 4.69) is 91.0 Å². The minimum atomic E-state index is -2.25. The Morgan fingerprint density at radius 1 is 0.517 bits per heavy atom. The molecule has 1 nitrogen and oxygen atoms in total. The van der Waals surface area contributed by atoms with E-state index in [0.717, 1.165) is 5.56 Å². The minimum Gasteiger partial charge on any atom is -1.00 e. The summed E-state index contributed by atoms with van der Waals surface area (Å²) >= 11 is 0. The lowest BCUT2D eigenvalue weighted by Crippen LogP contribution is -3.00. The summed E-state index contributed by atoms with van der Waals surface area (Å²) in [6.07, 6.45) is 0. The summed E-state index contributed by atoms with van der Waals surface area (Å²) in [6.45, 7) is 0. The van der Waals surface area contributed by atoms with Crippen LogP contribution in [-0.2, 0) is 0 Å². The summed E-state index contributed by atoms with van der Waals surface area (Å²) in [4.78, 5) is 0. The number of nitrogens with zero attached hydrogens (tertiary/aromatic N) is 1. The van der Waals surface area contributed by atoms with E-state index in [0.29, 0.717) is 0 Å². The standard InChI is InChI=1S/C26H21NP.ClH/c27-21-26(22-13-5-1-6-14-22)28(23-15-7-2-8-16-23,24-17-9-3-10-18-24)25-19-11-4-12-20-25;/h1-20,26H;1H/q+1;/p-1. The van der Waals surface area contributed by atoms with E-state index in [9.17, 15) is 5.26 Å². The Bertz CT molecular complexity index is 965. The number of hydrogen-bond donors (Lipinski definition) is 0. The highest BCUT2D eigenvalue weighted by Gasteiger charge is 2.53. The molecule has 0 N–H and O–H groups in total. The third-order valence-corrected chi connectivity index (χ3v) is 9.64. The maximum Gasteiger partial charge on any atom is 0.193 e. The van der Waals surface area contributed by atoms with Gasteiger partial charge in [0.25, 0.3) is 0 Å². The summed E-state index contributed by atoms with van der Waals surface area (Å²) in [7, 11) is -2.25. The highest BCUT2D eigenvalue weighted by molar-refractivity contribution is 7.96. The second kappa shape index (κ2) is 9.53. The van der Waals surface area contributed by atoms with Crippen LogP contribution >= 0.6 is 7.26 Å². The molecule has 0 spiro atoms. The molecule has 0 aromatic heterocycles. The number of rotatable bonds is 5. The zero-order valence-electron chi connectivity index (χ0n) is 15.9. The third kappa shape index (κ3) is 3.83. The second-order valence-corrected chi connectivity index (χ2v) is 10.2. The van der Waals surface area contributed by atoms with Crippen molar-refractivity contribution < 1.29 is 12.4 Å². The Balaban J connectivity index is 0.00000240. The average molecular weight is 414 g/mol. The van der Waals surface area contributed by atoms with Crippen LogP contribution in [0, 0.1) is 11.3 Å². The first-order valence-corrected chi connectivity index (χ1v) is 11.2. The Kier molecular flexibility index (Phi) is 6.84. The predicted molar refractivity (Wildman–Crippen MR) is 120 cm³/mol. The number of halogens is 1. The summed E-state index contributed by atoms with van der Waals surface area (Å²) in [5, 5.41) is 14.2. The maximum atomic E-state index is 10.5. The number of hydrogen-bond acceptors (Lipinski definition) is 1. The Morgan fingerprint density at radius 2 is 0.828 bits per heavy atom. The van der Waals surface area contributed by atoms with Crippen LogP contribution in [0.5, 0.6) is 0 Å². The second-order valence-electron chi connectivity index (χ2n) is 6.67. The molecule has 0 amide bonds. The van der Waals surface area contributed by atoms with Gasteiger partial charge in [-0.15, -0.1) is 0 Å². The van der Waals surface area contributed by atoms with Crippen molar-refractivity contribution in [1.82, 2.24) is 0 Å². The number of benzene rings is 4. The molecule has 0 aliphatic heterocycles. The fourth-order valence-electron chi connectivity index (χ4n) is 3.90. The topological polar surface area (TPSA) is 23.8 Å². The molecule has 0 aliphatic carbocycles. The van der Waals surface area contributed by atoms with E-state index in [4.69, 9.17) is 0 Å². The highest BCUT2D eigenvalue weighted by atomic mass is 35.5. The molecule has 1 atom stereocenters. The SMILES string of the molecule is N#CC(c1ccccc1)[P+](c1ccccc1)(c1ccccc1)c1ccccc1.[Cl-]. The lowest BCUT2D eigenvalue weighted by atomic mass is 10.2. The Hall–Kier alpha value is -2.91. The van der Waals surface area contributed by atoms with Crippen LogP contribution in [0.1, 0.15) is 11.2 Å². The summed E-state index contributed by atoms with van der Waals surface area (Å²) in [5.41, 5.74) is 0.802. The van der Waals surface area contributed by atoms with Crippen LogP contribution in [-0.4, -0.2) is 0 Å². The van der Waals surface area contributed by atoms with Crippen molar-refractivity contribution in [2.24, 2.45) is 0 Å². The largest absolute Gasteiger partial charge is 1.00 e. The molecule has 0 fully saturated rings. The van der Waals surface area contributed by atoms with Crippen LogP contribution in [0.25, 0.3) is 0 Å². The van der Waals surface area contributed by atoms with Crippen molar-refractivity contribution >= 4 is 23.2 Å². The van der Waals surface area contributed by atoms with E-state index in [-0.39, 0.29) is 18.1 Å². The van der Waals surface area contributed by atoms with Crippen molar-refractivity contribution in [3.8, 4) is 6.07 Å². The van der Waals surface area contributed by atoms with Crippen molar-refractivity contribution in [2.75, 3.05) is 0 Å². The molecule has 4 rings (SSSR count). The van der Waals surface area contributed by atoms with E-state index < -0.39 is 7.26 Å². The van der Waals surface area contributed by atoms with Gasteiger partial charge in [-0.2, -0.15) is 5.26 Å². The maximum absolute atomic E-state index is 10.5. The van der Waals surface area contributed by atoms with Gasteiger partial charge in [0, 0.05) is 5.56 Å². The molecular weight excluding hydrogens is 393 g/mol. The van der Waals surface area contributed by atoms with Gasteiger partial charge in [0.05, 0.1) is 0 Å². The molecule has 0 aliphatic rings. The zero-order chi connectivity index (χ0) is 19.2. The van der Waals surface area contributed by atoms with Gasteiger partial charge in [-0.3, -0.25) is 0 Å². The first-order chi connectivity index (χ1) is 13.9. The monoisotopic (exact) mass is 413 g/mol. The Labute approximate surface area is 179 Å². The van der Waals surface area contributed by atoms with Gasteiger partial charge in [0.1, 0.15) is 29.2 Å². The molecule has 0 heterocycles. The first-order valence-electron chi connectivity index (χ1n) is 9.37. The molecule has 4 aromatic carbocycles. The number of nitriles is 1. The van der Waals surface area contributed by atoms with Crippen LogP contribution in [0.15, 0.2) is 121 Å². The summed E-state index contributed by atoms with van der Waals surface area (Å²) in [6, 6.07) is 44.6. The third-order valence-electron chi connectivity index (χ3n) is 5.12. The van der Waals surface area contributed by atoms with Crippen molar-refractivity contribution in [1.29, 1.82) is 5.26 Å². The smallest absolute Gasteiger partial charge is 0.193 e.